The van der Waals surface area contributed by atoms with Crippen LogP contribution in [-0.4, -0.2) is 25.1 Å². The predicted molar refractivity (Wildman–Crippen MR) is 64.5 cm³/mol. The van der Waals surface area contributed by atoms with Crippen LogP contribution in [0.15, 0.2) is 30.3 Å². The molecule has 1 rings (SSSR count). The molecule has 0 heterocycles. The molecule has 1 aromatic carbocycles. The van der Waals surface area contributed by atoms with Gasteiger partial charge >= 0.3 is 6.18 Å². The summed E-state index contributed by atoms with van der Waals surface area (Å²) >= 11 is 4.18. The number of hydrogen-bond donors (Lipinski definition) is 1. The topological polar surface area (TPSA) is 9.23 Å². The highest BCUT2D eigenvalue weighted by molar-refractivity contribution is 7.80. The number of ether oxygens (including phenoxy) is 1. The molecule has 1 atom stereocenters. The molecule has 0 bridgehead atoms. The molecule has 0 aliphatic carbocycles. The maximum Gasteiger partial charge on any atom is 0.391 e. The van der Waals surface area contributed by atoms with Crippen molar-refractivity contribution in [3.05, 3.63) is 35.9 Å². The minimum absolute atomic E-state index is 0.0350. The Morgan fingerprint density at radius 1 is 1.18 bits per heavy atom. The monoisotopic (exact) mass is 264 g/mol. The van der Waals surface area contributed by atoms with Gasteiger partial charge in [0.1, 0.15) is 0 Å². The van der Waals surface area contributed by atoms with Gasteiger partial charge in [-0.1, -0.05) is 30.3 Å². The number of rotatable bonds is 6. The van der Waals surface area contributed by atoms with Crippen LogP contribution in [0.4, 0.5) is 13.2 Å². The Hall–Kier alpha value is -0.680. The van der Waals surface area contributed by atoms with Gasteiger partial charge in [-0.15, -0.1) is 0 Å². The molecule has 0 amide bonds. The van der Waals surface area contributed by atoms with E-state index in [-0.39, 0.29) is 19.1 Å². The number of benzene rings is 1. The van der Waals surface area contributed by atoms with Gasteiger partial charge in [0, 0.05) is 5.92 Å². The Balaban J connectivity index is 2.34. The molecule has 0 aliphatic heterocycles. The number of alkyl halides is 3. The first-order chi connectivity index (χ1) is 8.03. The van der Waals surface area contributed by atoms with Crippen LogP contribution in [0, 0.1) is 0 Å². The Labute approximate surface area is 104 Å². The highest BCUT2D eigenvalue weighted by Crippen LogP contribution is 2.21. The Kier molecular flexibility index (Phi) is 5.85. The summed E-state index contributed by atoms with van der Waals surface area (Å²) in [6.07, 6.45) is -5.05. The fraction of sp³-hybridized carbons (Fsp3) is 0.500. The summed E-state index contributed by atoms with van der Waals surface area (Å²) in [5, 5.41) is 0. The van der Waals surface area contributed by atoms with E-state index in [0.29, 0.717) is 5.75 Å². The van der Waals surface area contributed by atoms with Crippen LogP contribution in [0.5, 0.6) is 0 Å². The lowest BCUT2D eigenvalue weighted by molar-refractivity contribution is -0.145. The van der Waals surface area contributed by atoms with Crippen molar-refractivity contribution in [3.8, 4) is 0 Å². The molecule has 0 fully saturated rings. The Morgan fingerprint density at radius 2 is 1.82 bits per heavy atom. The second-order valence-electron chi connectivity index (χ2n) is 3.73. The zero-order valence-corrected chi connectivity index (χ0v) is 10.2. The Morgan fingerprint density at radius 3 is 2.35 bits per heavy atom. The van der Waals surface area contributed by atoms with Gasteiger partial charge < -0.3 is 4.74 Å². The summed E-state index contributed by atoms with van der Waals surface area (Å²) in [6.45, 7) is -0.0236. The molecule has 1 nitrogen and oxygen atoms in total. The van der Waals surface area contributed by atoms with E-state index in [1.807, 2.05) is 30.3 Å². The third kappa shape index (κ3) is 5.98. The molecule has 0 spiro atoms. The first-order valence-electron chi connectivity index (χ1n) is 5.33. The largest absolute Gasteiger partial charge is 0.391 e. The first kappa shape index (κ1) is 14.4. The maximum absolute atomic E-state index is 11.9. The van der Waals surface area contributed by atoms with Gasteiger partial charge in [0.05, 0.1) is 19.6 Å². The molecule has 0 saturated carbocycles. The van der Waals surface area contributed by atoms with Gasteiger partial charge in [0.25, 0.3) is 0 Å². The molecule has 0 aromatic heterocycles. The minimum atomic E-state index is -4.15. The van der Waals surface area contributed by atoms with E-state index in [4.69, 9.17) is 4.74 Å². The number of halogens is 3. The molecule has 0 radical (unpaired) electrons. The van der Waals surface area contributed by atoms with Gasteiger partial charge in [-0.2, -0.15) is 25.8 Å². The van der Waals surface area contributed by atoms with E-state index in [1.54, 1.807) is 0 Å². The van der Waals surface area contributed by atoms with E-state index < -0.39 is 12.6 Å². The summed E-state index contributed by atoms with van der Waals surface area (Å²) < 4.78 is 40.7. The molecule has 1 aromatic rings. The normalized spacial score (nSPS) is 13.6. The van der Waals surface area contributed by atoms with E-state index in [0.717, 1.165) is 5.56 Å². The van der Waals surface area contributed by atoms with Crippen LogP contribution in [0.2, 0.25) is 0 Å². The van der Waals surface area contributed by atoms with E-state index in [9.17, 15) is 13.2 Å². The molecule has 96 valence electrons. The molecule has 17 heavy (non-hydrogen) atoms. The fourth-order valence-corrected chi connectivity index (χ4v) is 1.71. The summed E-state index contributed by atoms with van der Waals surface area (Å²) in [7, 11) is 0. The second-order valence-corrected chi connectivity index (χ2v) is 4.10. The van der Waals surface area contributed by atoms with E-state index in [1.165, 1.54) is 0 Å². The Bertz CT molecular complexity index is 313. The molecule has 1 unspecified atom stereocenters. The zero-order chi connectivity index (χ0) is 12.7. The van der Waals surface area contributed by atoms with Crippen LogP contribution in [0.25, 0.3) is 0 Å². The third-order valence-electron chi connectivity index (χ3n) is 2.34. The van der Waals surface area contributed by atoms with Crippen molar-refractivity contribution < 1.29 is 17.9 Å². The lowest BCUT2D eigenvalue weighted by Crippen LogP contribution is -2.15. The molecule has 0 saturated heterocycles. The van der Waals surface area contributed by atoms with E-state index >= 15 is 0 Å². The SMILES string of the molecule is FC(F)(F)CCOCC(CS)c1ccccc1. The van der Waals surface area contributed by atoms with Crippen molar-refractivity contribution in [1.82, 2.24) is 0 Å². The van der Waals surface area contributed by atoms with Gasteiger partial charge in [-0.05, 0) is 11.3 Å². The van der Waals surface area contributed by atoms with Gasteiger partial charge in [0.2, 0.25) is 0 Å². The standard InChI is InChI=1S/C12H15F3OS/c13-12(14,15)6-7-16-8-11(9-17)10-4-2-1-3-5-10/h1-5,11,17H,6-9H2. The minimum Gasteiger partial charge on any atom is -0.380 e. The summed E-state index contributed by atoms with van der Waals surface area (Å²) in [5.74, 6) is 0.587. The quantitative estimate of drug-likeness (QED) is 0.609. The number of thiol groups is 1. The van der Waals surface area contributed by atoms with Crippen LogP contribution in [0.1, 0.15) is 17.9 Å². The second kappa shape index (κ2) is 6.91. The summed E-state index contributed by atoms with van der Waals surface area (Å²) in [6, 6.07) is 9.52. The highest BCUT2D eigenvalue weighted by Gasteiger charge is 2.26. The van der Waals surface area contributed by atoms with Crippen molar-refractivity contribution in [1.29, 1.82) is 0 Å². The summed E-state index contributed by atoms with van der Waals surface area (Å²) in [5.41, 5.74) is 1.04. The smallest absolute Gasteiger partial charge is 0.380 e. The average molecular weight is 264 g/mol. The van der Waals surface area contributed by atoms with Gasteiger partial charge in [-0.3, -0.25) is 0 Å². The lowest BCUT2D eigenvalue weighted by atomic mass is 10.0. The third-order valence-corrected chi connectivity index (χ3v) is 2.78. The molecular weight excluding hydrogens is 249 g/mol. The van der Waals surface area contributed by atoms with Crippen molar-refractivity contribution in [3.63, 3.8) is 0 Å². The molecule has 0 aliphatic rings. The molecule has 0 N–H and O–H groups in total. The average Bonchev–Trinajstić information content (AvgIpc) is 2.29. The zero-order valence-electron chi connectivity index (χ0n) is 9.28. The fourth-order valence-electron chi connectivity index (χ4n) is 1.39. The lowest BCUT2D eigenvalue weighted by Gasteiger charge is -2.15. The molecular formula is C12H15F3OS. The molecule has 5 heteroatoms. The maximum atomic E-state index is 11.9. The predicted octanol–water partition coefficient (Wildman–Crippen LogP) is 3.67. The first-order valence-corrected chi connectivity index (χ1v) is 5.96. The summed E-state index contributed by atoms with van der Waals surface area (Å²) in [4.78, 5) is 0. The van der Waals surface area contributed by atoms with Crippen LogP contribution in [-0.2, 0) is 4.74 Å². The van der Waals surface area contributed by atoms with E-state index in [2.05, 4.69) is 12.6 Å². The van der Waals surface area contributed by atoms with Crippen molar-refractivity contribution >= 4 is 12.6 Å². The van der Waals surface area contributed by atoms with Crippen molar-refractivity contribution in [2.45, 2.75) is 18.5 Å². The van der Waals surface area contributed by atoms with Gasteiger partial charge in [-0.25, -0.2) is 0 Å². The number of hydrogen-bond acceptors (Lipinski definition) is 2. The van der Waals surface area contributed by atoms with Crippen molar-refractivity contribution in [2.24, 2.45) is 0 Å². The van der Waals surface area contributed by atoms with Crippen LogP contribution < -0.4 is 0 Å². The van der Waals surface area contributed by atoms with Crippen LogP contribution >= 0.6 is 12.6 Å². The highest BCUT2D eigenvalue weighted by atomic mass is 32.1. The van der Waals surface area contributed by atoms with Gasteiger partial charge in [0.15, 0.2) is 0 Å². The van der Waals surface area contributed by atoms with Crippen molar-refractivity contribution in [2.75, 3.05) is 19.0 Å². The van der Waals surface area contributed by atoms with Crippen LogP contribution in [0.3, 0.4) is 0 Å².